The zero-order chi connectivity index (χ0) is 31.1. The molecule has 2 aromatic carbocycles. The largest absolute Gasteiger partial charge is 0.417 e. The van der Waals surface area contributed by atoms with E-state index in [1.165, 1.54) is 0 Å². The van der Waals surface area contributed by atoms with Gasteiger partial charge in [0.25, 0.3) is 0 Å². The van der Waals surface area contributed by atoms with Crippen LogP contribution in [-0.4, -0.2) is 35.3 Å². The summed E-state index contributed by atoms with van der Waals surface area (Å²) in [7, 11) is 0. The summed E-state index contributed by atoms with van der Waals surface area (Å²) in [5.74, 6) is -5.51. The minimum atomic E-state index is -5.20. The fraction of sp³-hybridized carbons (Fsp3) is 0.333. The SMILES string of the molecule is O=C(NCC(F)(F)F)C1(NC(=S)c2ccc(/C(F)=C/C(c3cc(Cl)c(Cl)c(Cl)c3)C(F)(F)F)cc2C(F)(F)F)CC1. The third kappa shape index (κ3) is 8.17. The second kappa shape index (κ2) is 11.8. The van der Waals surface area contributed by atoms with Gasteiger partial charge in [-0.2, -0.15) is 39.5 Å². The molecule has 3 rings (SSSR count). The third-order valence-corrected chi connectivity index (χ3v) is 7.38. The summed E-state index contributed by atoms with van der Waals surface area (Å²) in [4.78, 5) is 11.5. The Balaban J connectivity index is 1.96. The second-order valence-electron chi connectivity index (χ2n) is 8.92. The van der Waals surface area contributed by atoms with Crippen LogP contribution in [-0.2, 0) is 11.0 Å². The second-order valence-corrected chi connectivity index (χ2v) is 10.5. The normalized spacial score (nSPS) is 16.3. The van der Waals surface area contributed by atoms with E-state index in [0.717, 1.165) is 18.2 Å². The van der Waals surface area contributed by atoms with Crippen LogP contribution in [0.3, 0.4) is 0 Å². The minimum absolute atomic E-state index is 0.0335. The van der Waals surface area contributed by atoms with Gasteiger partial charge in [-0.15, -0.1) is 0 Å². The lowest BCUT2D eigenvalue weighted by Gasteiger charge is -2.22. The molecule has 0 radical (unpaired) electrons. The van der Waals surface area contributed by atoms with Crippen molar-refractivity contribution < 1.29 is 48.7 Å². The molecule has 2 N–H and O–H groups in total. The molecular weight excluding hydrogens is 661 g/mol. The molecule has 1 fully saturated rings. The molecule has 1 unspecified atom stereocenters. The highest BCUT2D eigenvalue weighted by atomic mass is 35.5. The van der Waals surface area contributed by atoms with E-state index in [9.17, 15) is 44.3 Å². The van der Waals surface area contributed by atoms with E-state index in [1.54, 1.807) is 5.32 Å². The number of amides is 1. The molecule has 3 nitrogen and oxygen atoms in total. The average molecular weight is 676 g/mol. The van der Waals surface area contributed by atoms with Crippen LogP contribution in [0.1, 0.15) is 41.0 Å². The lowest BCUT2D eigenvalue weighted by molar-refractivity contribution is -0.140. The van der Waals surface area contributed by atoms with Crippen molar-refractivity contribution in [2.24, 2.45) is 0 Å². The number of hydrogen-bond donors (Lipinski definition) is 2. The van der Waals surface area contributed by atoms with Crippen LogP contribution in [0, 0.1) is 0 Å². The van der Waals surface area contributed by atoms with Gasteiger partial charge < -0.3 is 10.6 Å². The maximum atomic E-state index is 15.1. The summed E-state index contributed by atoms with van der Waals surface area (Å²) in [5, 5.41) is 2.95. The quantitative estimate of drug-likeness (QED) is 0.175. The number of thiocarbonyl (C=S) groups is 1. The Morgan fingerprint density at radius 1 is 0.976 bits per heavy atom. The van der Waals surface area contributed by atoms with Crippen LogP contribution >= 0.6 is 47.0 Å². The predicted molar refractivity (Wildman–Crippen MR) is 137 cm³/mol. The summed E-state index contributed by atoms with van der Waals surface area (Å²) in [6, 6.07) is 3.18. The van der Waals surface area contributed by atoms with Crippen molar-refractivity contribution in [2.75, 3.05) is 6.54 Å². The molecule has 1 atom stereocenters. The van der Waals surface area contributed by atoms with Crippen molar-refractivity contribution in [3.63, 3.8) is 0 Å². The monoisotopic (exact) mass is 674 g/mol. The number of halogens is 13. The fourth-order valence-corrected chi connectivity index (χ4v) is 4.66. The number of allylic oxidation sites excluding steroid dienone is 1. The Bertz CT molecular complexity index is 1360. The molecule has 0 aliphatic heterocycles. The summed E-state index contributed by atoms with van der Waals surface area (Å²) in [6.45, 7) is -1.68. The van der Waals surface area contributed by atoms with Crippen molar-refractivity contribution in [1.82, 2.24) is 10.6 Å². The number of hydrogen-bond acceptors (Lipinski definition) is 2. The van der Waals surface area contributed by atoms with Gasteiger partial charge in [-0.25, -0.2) is 4.39 Å². The van der Waals surface area contributed by atoms with E-state index >= 15 is 4.39 Å². The first kappa shape index (κ1) is 33.2. The molecule has 224 valence electrons. The smallest absolute Gasteiger partial charge is 0.362 e. The molecule has 0 aromatic heterocycles. The Morgan fingerprint density at radius 2 is 1.54 bits per heavy atom. The van der Waals surface area contributed by atoms with Crippen molar-refractivity contribution >= 4 is 63.7 Å². The molecule has 1 aliphatic rings. The van der Waals surface area contributed by atoms with Gasteiger partial charge in [-0.3, -0.25) is 4.79 Å². The highest BCUT2D eigenvalue weighted by Gasteiger charge is 2.51. The average Bonchev–Trinajstić information content (AvgIpc) is 3.62. The lowest BCUT2D eigenvalue weighted by Crippen LogP contribution is -2.50. The number of benzene rings is 2. The van der Waals surface area contributed by atoms with Gasteiger partial charge in [0.1, 0.15) is 28.8 Å². The molecule has 0 bridgehead atoms. The summed E-state index contributed by atoms with van der Waals surface area (Å²) in [6.07, 6.45) is -15.1. The summed E-state index contributed by atoms with van der Waals surface area (Å²) < 4.78 is 135. The van der Waals surface area contributed by atoms with Crippen LogP contribution in [0.4, 0.5) is 43.9 Å². The number of nitrogens with one attached hydrogen (secondary N) is 2. The Morgan fingerprint density at radius 3 is 2.00 bits per heavy atom. The molecule has 41 heavy (non-hydrogen) atoms. The standard InChI is InChI=1S/C24H15Cl3F10N2OS/c25-15-6-11(7-16(26)18(15)27)13(23(32,33)34)8-17(28)10-1-2-12(14(5-10)24(35,36)37)19(41)39-21(3-4-21)20(40)38-9-22(29,30)31/h1-2,5-8,13H,3-4,9H2,(H,38,40)(H,39,41)/b17-8-. The zero-order valence-corrected chi connectivity index (χ0v) is 23.0. The molecule has 0 heterocycles. The first-order valence-corrected chi connectivity index (χ1v) is 12.7. The van der Waals surface area contributed by atoms with Crippen molar-refractivity contribution in [3.05, 3.63) is 73.7 Å². The van der Waals surface area contributed by atoms with Gasteiger partial charge in [0, 0.05) is 11.1 Å². The molecule has 0 spiro atoms. The number of carbonyl (C=O) groups excluding carboxylic acids is 1. The zero-order valence-electron chi connectivity index (χ0n) is 19.9. The Kier molecular flexibility index (Phi) is 9.53. The molecule has 17 heteroatoms. The van der Waals surface area contributed by atoms with E-state index in [1.807, 2.05) is 0 Å². The molecule has 0 saturated heterocycles. The third-order valence-electron chi connectivity index (χ3n) is 5.86. The molecule has 2 aromatic rings. The number of alkyl halides is 9. The number of rotatable bonds is 7. The highest BCUT2D eigenvalue weighted by molar-refractivity contribution is 7.80. The van der Waals surface area contributed by atoms with E-state index < -0.39 is 75.5 Å². The first-order valence-electron chi connectivity index (χ1n) is 11.1. The van der Waals surface area contributed by atoms with Gasteiger partial charge in [-0.05, 0) is 42.7 Å². The van der Waals surface area contributed by atoms with E-state index in [2.05, 4.69) is 5.32 Å². The molecule has 1 amide bonds. The van der Waals surface area contributed by atoms with Gasteiger partial charge in [-0.1, -0.05) is 59.2 Å². The van der Waals surface area contributed by atoms with Gasteiger partial charge in [0.05, 0.1) is 20.6 Å². The van der Waals surface area contributed by atoms with E-state index in [4.69, 9.17) is 47.0 Å². The van der Waals surface area contributed by atoms with E-state index in [-0.39, 0.29) is 40.1 Å². The van der Waals surface area contributed by atoms with Crippen molar-refractivity contribution in [1.29, 1.82) is 0 Å². The predicted octanol–water partition coefficient (Wildman–Crippen LogP) is 8.80. The van der Waals surface area contributed by atoms with Crippen molar-refractivity contribution in [3.8, 4) is 0 Å². The Labute approximate surface area is 245 Å². The highest BCUT2D eigenvalue weighted by Crippen LogP contribution is 2.43. The topological polar surface area (TPSA) is 41.1 Å². The Hall–Kier alpha value is -2.29. The maximum Gasteiger partial charge on any atom is 0.417 e. The van der Waals surface area contributed by atoms with Crippen LogP contribution in [0.2, 0.25) is 15.1 Å². The van der Waals surface area contributed by atoms with Crippen LogP contribution in [0.5, 0.6) is 0 Å². The number of carbonyl (C=O) groups is 1. The van der Waals surface area contributed by atoms with Gasteiger partial charge in [0.2, 0.25) is 5.91 Å². The fourth-order valence-electron chi connectivity index (χ4n) is 3.67. The van der Waals surface area contributed by atoms with Crippen LogP contribution in [0.15, 0.2) is 36.4 Å². The first-order chi connectivity index (χ1) is 18.6. The van der Waals surface area contributed by atoms with Crippen molar-refractivity contribution in [2.45, 2.75) is 42.8 Å². The molecule has 1 saturated carbocycles. The minimum Gasteiger partial charge on any atom is -0.362 e. The summed E-state index contributed by atoms with van der Waals surface area (Å²) >= 11 is 22.3. The molecular formula is C24H15Cl3F10N2OS. The van der Waals surface area contributed by atoms with Gasteiger partial charge in [0.15, 0.2) is 0 Å². The maximum absolute atomic E-state index is 15.1. The van der Waals surface area contributed by atoms with Crippen LogP contribution in [0.25, 0.3) is 5.83 Å². The van der Waals surface area contributed by atoms with E-state index in [0.29, 0.717) is 6.07 Å². The van der Waals surface area contributed by atoms with Crippen LogP contribution < -0.4 is 10.6 Å². The molecule has 1 aliphatic carbocycles. The van der Waals surface area contributed by atoms with Gasteiger partial charge >= 0.3 is 18.5 Å². The summed E-state index contributed by atoms with van der Waals surface area (Å²) in [5.41, 5.74) is -5.56. The lowest BCUT2D eigenvalue weighted by atomic mass is 9.95.